The maximum atomic E-state index is 12.2. The summed E-state index contributed by atoms with van der Waals surface area (Å²) < 4.78 is 17.3. The average Bonchev–Trinajstić information content (AvgIpc) is 2.31. The van der Waals surface area contributed by atoms with Gasteiger partial charge in [-0.1, -0.05) is 12.1 Å². The maximum absolute atomic E-state index is 12.2. The molecule has 0 amide bonds. The third-order valence-corrected chi connectivity index (χ3v) is 2.31. The van der Waals surface area contributed by atoms with Crippen molar-refractivity contribution in [3.8, 4) is 5.75 Å². The minimum atomic E-state index is 0. The second kappa shape index (κ2) is 8.13. The summed E-state index contributed by atoms with van der Waals surface area (Å²) >= 11 is 0. The van der Waals surface area contributed by atoms with Gasteiger partial charge in [-0.05, 0) is 36.1 Å². The van der Waals surface area contributed by atoms with Gasteiger partial charge in [-0.15, -0.1) is 12.4 Å². The average molecular weight is 246 g/mol. The lowest BCUT2D eigenvalue weighted by atomic mass is 10.1. The Balaban J connectivity index is 0.00000225. The van der Waals surface area contributed by atoms with Gasteiger partial charge >= 0.3 is 0 Å². The molecule has 0 spiro atoms. The van der Waals surface area contributed by atoms with Gasteiger partial charge in [0, 0.05) is 6.54 Å². The fourth-order valence-corrected chi connectivity index (χ4v) is 1.30. The van der Waals surface area contributed by atoms with Gasteiger partial charge in [0.05, 0.1) is 13.4 Å². The molecule has 4 heteroatoms. The molecule has 0 saturated carbocycles. The van der Waals surface area contributed by atoms with E-state index >= 15 is 0 Å². The van der Waals surface area contributed by atoms with Gasteiger partial charge in [-0.2, -0.15) is 0 Å². The van der Waals surface area contributed by atoms with E-state index in [1.54, 1.807) is 7.11 Å². The van der Waals surface area contributed by atoms with E-state index in [9.17, 15) is 4.39 Å². The van der Waals surface area contributed by atoms with Crippen molar-refractivity contribution < 1.29 is 9.13 Å². The minimum Gasteiger partial charge on any atom is -0.497 e. The standard InChI is InChI=1S/C12H16FNO.ClH/c1-15-12-6-4-10(5-7-12)2-3-11(8-13)9-14;/h4-8H,2-3,9,14H2,1H3;1H/b11-8-;. The lowest BCUT2D eigenvalue weighted by Gasteiger charge is -2.04. The minimum absolute atomic E-state index is 0. The fraction of sp³-hybridized carbons (Fsp3) is 0.333. The summed E-state index contributed by atoms with van der Waals surface area (Å²) in [6.07, 6.45) is 2.07. The van der Waals surface area contributed by atoms with E-state index in [1.165, 1.54) is 0 Å². The molecule has 0 saturated heterocycles. The molecule has 0 fully saturated rings. The second-order valence-corrected chi connectivity index (χ2v) is 3.32. The maximum Gasteiger partial charge on any atom is 0.118 e. The Kier molecular flexibility index (Phi) is 7.60. The number of benzene rings is 1. The van der Waals surface area contributed by atoms with Crippen LogP contribution in [-0.4, -0.2) is 13.7 Å². The van der Waals surface area contributed by atoms with Crippen molar-refractivity contribution >= 4 is 12.4 Å². The monoisotopic (exact) mass is 245 g/mol. The molecule has 1 rings (SSSR count). The molecule has 0 atom stereocenters. The van der Waals surface area contributed by atoms with Gasteiger partial charge in [0.2, 0.25) is 0 Å². The van der Waals surface area contributed by atoms with Crippen molar-refractivity contribution in [2.45, 2.75) is 12.8 Å². The third kappa shape index (κ3) is 4.64. The number of aryl methyl sites for hydroxylation is 1. The summed E-state index contributed by atoms with van der Waals surface area (Å²) in [5.41, 5.74) is 7.17. The van der Waals surface area contributed by atoms with Gasteiger partial charge < -0.3 is 10.5 Å². The molecular formula is C12H17ClFNO. The number of methoxy groups -OCH3 is 1. The van der Waals surface area contributed by atoms with E-state index in [4.69, 9.17) is 10.5 Å². The highest BCUT2D eigenvalue weighted by atomic mass is 35.5. The number of hydrogen-bond donors (Lipinski definition) is 1. The van der Waals surface area contributed by atoms with Crippen molar-refractivity contribution in [2.24, 2.45) is 5.73 Å². The smallest absolute Gasteiger partial charge is 0.118 e. The van der Waals surface area contributed by atoms with Crippen molar-refractivity contribution in [3.05, 3.63) is 41.7 Å². The van der Waals surface area contributed by atoms with Crippen LogP contribution in [0.2, 0.25) is 0 Å². The molecule has 0 unspecified atom stereocenters. The zero-order valence-electron chi connectivity index (χ0n) is 9.28. The SMILES string of the molecule is COc1ccc(CC/C(=C/F)CN)cc1.Cl. The Bertz CT molecular complexity index is 324. The third-order valence-electron chi connectivity index (χ3n) is 2.31. The van der Waals surface area contributed by atoms with Crippen LogP contribution in [0.15, 0.2) is 36.2 Å². The van der Waals surface area contributed by atoms with Crippen LogP contribution in [0.1, 0.15) is 12.0 Å². The predicted octanol–water partition coefficient (Wildman–Crippen LogP) is 2.86. The fourth-order valence-electron chi connectivity index (χ4n) is 1.30. The molecule has 1 aromatic rings. The number of ether oxygens (including phenoxy) is 1. The first-order valence-electron chi connectivity index (χ1n) is 4.91. The predicted molar refractivity (Wildman–Crippen MR) is 66.8 cm³/mol. The van der Waals surface area contributed by atoms with Crippen molar-refractivity contribution in [2.75, 3.05) is 13.7 Å². The molecule has 2 N–H and O–H groups in total. The van der Waals surface area contributed by atoms with E-state index in [2.05, 4.69) is 0 Å². The van der Waals surface area contributed by atoms with Crippen LogP contribution in [-0.2, 0) is 6.42 Å². The Hall–Kier alpha value is -1.06. The van der Waals surface area contributed by atoms with Gasteiger partial charge in [0.15, 0.2) is 0 Å². The largest absolute Gasteiger partial charge is 0.497 e. The summed E-state index contributed by atoms with van der Waals surface area (Å²) in [6.45, 7) is 0.284. The zero-order chi connectivity index (χ0) is 11.1. The summed E-state index contributed by atoms with van der Waals surface area (Å²) in [5, 5.41) is 0. The number of hydrogen-bond acceptors (Lipinski definition) is 2. The Labute approximate surface area is 102 Å². The summed E-state index contributed by atoms with van der Waals surface area (Å²) in [4.78, 5) is 0. The first-order valence-corrected chi connectivity index (χ1v) is 4.91. The van der Waals surface area contributed by atoms with Crippen molar-refractivity contribution in [1.82, 2.24) is 0 Å². The number of nitrogens with two attached hydrogens (primary N) is 1. The first kappa shape index (κ1) is 14.9. The summed E-state index contributed by atoms with van der Waals surface area (Å²) in [6, 6.07) is 7.75. The molecular weight excluding hydrogens is 229 g/mol. The lowest BCUT2D eigenvalue weighted by molar-refractivity contribution is 0.414. The molecule has 16 heavy (non-hydrogen) atoms. The van der Waals surface area contributed by atoms with E-state index in [-0.39, 0.29) is 19.0 Å². The topological polar surface area (TPSA) is 35.2 Å². The van der Waals surface area contributed by atoms with Gasteiger partial charge in [0.25, 0.3) is 0 Å². The molecule has 0 bridgehead atoms. The van der Waals surface area contributed by atoms with E-state index in [0.29, 0.717) is 18.3 Å². The highest BCUT2D eigenvalue weighted by Gasteiger charge is 1.98. The molecule has 0 aliphatic rings. The summed E-state index contributed by atoms with van der Waals surface area (Å²) in [7, 11) is 1.63. The Morgan fingerprint density at radius 3 is 2.44 bits per heavy atom. The van der Waals surface area contributed by atoms with E-state index < -0.39 is 0 Å². The normalized spacial score (nSPS) is 10.8. The highest BCUT2D eigenvalue weighted by molar-refractivity contribution is 5.85. The second-order valence-electron chi connectivity index (χ2n) is 3.32. The van der Waals surface area contributed by atoms with Crippen LogP contribution >= 0.6 is 12.4 Å². The molecule has 0 aromatic heterocycles. The first-order chi connectivity index (χ1) is 7.30. The van der Waals surface area contributed by atoms with Crippen LogP contribution in [0.4, 0.5) is 4.39 Å². The van der Waals surface area contributed by atoms with Crippen LogP contribution in [0, 0.1) is 0 Å². The molecule has 0 aliphatic heterocycles. The molecule has 0 radical (unpaired) electrons. The van der Waals surface area contributed by atoms with Gasteiger partial charge in [0.1, 0.15) is 5.75 Å². The molecule has 90 valence electrons. The Morgan fingerprint density at radius 1 is 1.38 bits per heavy atom. The van der Waals surface area contributed by atoms with Crippen LogP contribution in [0.3, 0.4) is 0 Å². The van der Waals surface area contributed by atoms with E-state index in [1.807, 2.05) is 24.3 Å². The molecule has 1 aromatic carbocycles. The lowest BCUT2D eigenvalue weighted by Crippen LogP contribution is -2.03. The van der Waals surface area contributed by atoms with Gasteiger partial charge in [-0.3, -0.25) is 0 Å². The number of halogens is 2. The van der Waals surface area contributed by atoms with E-state index in [0.717, 1.165) is 17.7 Å². The summed E-state index contributed by atoms with van der Waals surface area (Å²) in [5.74, 6) is 0.832. The Morgan fingerprint density at radius 2 is 2.00 bits per heavy atom. The quantitative estimate of drug-likeness (QED) is 0.866. The molecule has 0 aliphatic carbocycles. The van der Waals surface area contributed by atoms with Crippen LogP contribution in [0.25, 0.3) is 0 Å². The van der Waals surface area contributed by atoms with Crippen molar-refractivity contribution in [3.63, 3.8) is 0 Å². The van der Waals surface area contributed by atoms with Crippen LogP contribution < -0.4 is 10.5 Å². The van der Waals surface area contributed by atoms with Crippen LogP contribution in [0.5, 0.6) is 5.75 Å². The zero-order valence-corrected chi connectivity index (χ0v) is 10.1. The molecule has 2 nitrogen and oxygen atoms in total. The number of rotatable bonds is 5. The highest BCUT2D eigenvalue weighted by Crippen LogP contribution is 2.14. The van der Waals surface area contributed by atoms with Gasteiger partial charge in [-0.25, -0.2) is 4.39 Å². The van der Waals surface area contributed by atoms with Crippen molar-refractivity contribution in [1.29, 1.82) is 0 Å². The molecule has 0 heterocycles.